The number of esters is 2. The smallest absolute Gasteiger partial charge is 0.306 e. The predicted molar refractivity (Wildman–Crippen MR) is 297 cm³/mol. The molecule has 0 aliphatic heterocycles. The van der Waals surface area contributed by atoms with E-state index in [0.717, 1.165) is 116 Å². The highest BCUT2D eigenvalue weighted by Gasteiger charge is 2.17. The first kappa shape index (κ1) is 63.5. The summed E-state index contributed by atoms with van der Waals surface area (Å²) in [7, 11) is 0. The van der Waals surface area contributed by atoms with E-state index < -0.39 is 6.10 Å². The Morgan fingerprint density at radius 2 is 0.676 bits per heavy atom. The SMILES string of the molecule is CC/C=C\C/C=C\C/C=C\C/C=C\C/C=C\CCCC(=O)OC(COCC/C=C\C/C=C\C/C=C\C/C=C\C/C=C\CC)COC(=O)CCCCCCCC/C=C\C/C=C\C/C=C\CCCCC. The van der Waals surface area contributed by atoms with Crippen LogP contribution in [-0.2, 0) is 23.8 Å². The molecule has 5 heteroatoms. The number of carbonyl (C=O) groups excluding carboxylic acids is 2. The lowest BCUT2D eigenvalue weighted by Crippen LogP contribution is -2.30. The van der Waals surface area contributed by atoms with E-state index in [2.05, 4.69) is 179 Å². The summed E-state index contributed by atoms with van der Waals surface area (Å²) < 4.78 is 17.3. The van der Waals surface area contributed by atoms with E-state index >= 15 is 0 Å². The number of unbranched alkanes of at least 4 members (excludes halogenated alkanes) is 10. The van der Waals surface area contributed by atoms with E-state index in [1.165, 1.54) is 44.9 Å². The molecule has 0 bridgehead atoms. The van der Waals surface area contributed by atoms with Gasteiger partial charge in [-0.2, -0.15) is 0 Å². The van der Waals surface area contributed by atoms with E-state index in [1.54, 1.807) is 0 Å². The summed E-state index contributed by atoms with van der Waals surface area (Å²) in [5, 5.41) is 0. The Balaban J connectivity index is 4.53. The van der Waals surface area contributed by atoms with Crippen LogP contribution in [-0.4, -0.2) is 37.9 Å². The van der Waals surface area contributed by atoms with Gasteiger partial charge in [0.15, 0.2) is 6.10 Å². The van der Waals surface area contributed by atoms with Crippen molar-refractivity contribution in [2.75, 3.05) is 19.8 Å². The second kappa shape index (κ2) is 56.8. The molecule has 0 radical (unpaired) electrons. The van der Waals surface area contributed by atoms with Crippen molar-refractivity contribution in [3.8, 4) is 0 Å². The minimum absolute atomic E-state index is 0.0144. The third-order valence-electron chi connectivity index (χ3n) is 10.5. The molecule has 0 aromatic carbocycles. The molecule has 0 aliphatic rings. The molecule has 0 fully saturated rings. The van der Waals surface area contributed by atoms with E-state index in [-0.39, 0.29) is 25.2 Å². The molecule has 0 aromatic rings. The van der Waals surface area contributed by atoms with Gasteiger partial charge in [-0.1, -0.05) is 217 Å². The summed E-state index contributed by atoms with van der Waals surface area (Å²) >= 11 is 0. The molecule has 68 heavy (non-hydrogen) atoms. The molecule has 1 atom stereocenters. The maximum absolute atomic E-state index is 12.8. The van der Waals surface area contributed by atoms with Crippen LogP contribution >= 0.6 is 0 Å². The highest BCUT2D eigenvalue weighted by atomic mass is 16.6. The van der Waals surface area contributed by atoms with Gasteiger partial charge in [-0.3, -0.25) is 9.59 Å². The molecular weight excluding hydrogens is 837 g/mol. The number of ether oxygens (including phenoxy) is 3. The lowest BCUT2D eigenvalue weighted by molar-refractivity contribution is -0.162. The zero-order valence-electron chi connectivity index (χ0n) is 43.6. The van der Waals surface area contributed by atoms with Gasteiger partial charge in [0.2, 0.25) is 0 Å². The Kier molecular flexibility index (Phi) is 53.1. The molecule has 0 aliphatic carbocycles. The maximum atomic E-state index is 12.8. The summed E-state index contributed by atoms with van der Waals surface area (Å²) in [5.41, 5.74) is 0. The van der Waals surface area contributed by atoms with Crippen molar-refractivity contribution >= 4 is 11.9 Å². The van der Waals surface area contributed by atoms with Gasteiger partial charge in [0, 0.05) is 12.8 Å². The Hall–Kier alpha value is -4.48. The van der Waals surface area contributed by atoms with Gasteiger partial charge >= 0.3 is 11.9 Å². The number of rotatable bonds is 47. The average Bonchev–Trinajstić information content (AvgIpc) is 3.34. The molecule has 5 nitrogen and oxygen atoms in total. The second-order valence-electron chi connectivity index (χ2n) is 17.0. The lowest BCUT2D eigenvalue weighted by atomic mass is 10.1. The minimum atomic E-state index is -0.624. The molecule has 0 aromatic heterocycles. The van der Waals surface area contributed by atoms with Crippen LogP contribution in [0.4, 0.5) is 0 Å². The minimum Gasteiger partial charge on any atom is -0.462 e. The third-order valence-corrected chi connectivity index (χ3v) is 10.5. The molecule has 0 saturated carbocycles. The summed E-state index contributed by atoms with van der Waals surface area (Å²) in [6.45, 7) is 7.26. The van der Waals surface area contributed by atoms with Crippen LogP contribution in [0.2, 0.25) is 0 Å². The fraction of sp³-hybridized carbons (Fsp3) is 0.556. The highest BCUT2D eigenvalue weighted by Crippen LogP contribution is 2.11. The van der Waals surface area contributed by atoms with Crippen LogP contribution in [0, 0.1) is 0 Å². The van der Waals surface area contributed by atoms with E-state index in [4.69, 9.17) is 14.2 Å². The van der Waals surface area contributed by atoms with Crippen LogP contribution in [0.5, 0.6) is 0 Å². The average molecular weight is 935 g/mol. The quantitative estimate of drug-likeness (QED) is 0.0346. The Labute approximate surface area is 418 Å². The van der Waals surface area contributed by atoms with Crippen molar-refractivity contribution in [3.05, 3.63) is 158 Å². The first-order valence-corrected chi connectivity index (χ1v) is 27.0. The van der Waals surface area contributed by atoms with E-state index in [1.807, 2.05) is 0 Å². The van der Waals surface area contributed by atoms with Crippen molar-refractivity contribution in [2.24, 2.45) is 0 Å². The molecule has 1 unspecified atom stereocenters. The van der Waals surface area contributed by atoms with Gasteiger partial charge < -0.3 is 14.2 Å². The van der Waals surface area contributed by atoms with E-state index in [0.29, 0.717) is 25.9 Å². The monoisotopic (exact) mass is 935 g/mol. The Morgan fingerprint density at radius 1 is 0.338 bits per heavy atom. The fourth-order valence-corrected chi connectivity index (χ4v) is 6.62. The van der Waals surface area contributed by atoms with Gasteiger partial charge in [0.1, 0.15) is 6.61 Å². The van der Waals surface area contributed by atoms with Crippen molar-refractivity contribution in [1.82, 2.24) is 0 Å². The molecule has 0 heterocycles. The first-order valence-electron chi connectivity index (χ1n) is 27.0. The fourth-order valence-electron chi connectivity index (χ4n) is 6.62. The summed E-state index contributed by atoms with van der Waals surface area (Å²) in [6.07, 6.45) is 84.2. The highest BCUT2D eigenvalue weighted by molar-refractivity contribution is 5.70. The van der Waals surface area contributed by atoms with Gasteiger partial charge in [-0.05, 0) is 128 Å². The Morgan fingerprint density at radius 3 is 1.10 bits per heavy atom. The molecule has 0 spiro atoms. The third kappa shape index (κ3) is 54.1. The number of hydrogen-bond acceptors (Lipinski definition) is 5. The van der Waals surface area contributed by atoms with Crippen molar-refractivity contribution in [3.63, 3.8) is 0 Å². The molecule has 380 valence electrons. The lowest BCUT2D eigenvalue weighted by Gasteiger charge is -2.18. The topological polar surface area (TPSA) is 61.8 Å². The largest absolute Gasteiger partial charge is 0.462 e. The van der Waals surface area contributed by atoms with Crippen LogP contribution in [0.1, 0.15) is 201 Å². The molecule has 0 N–H and O–H groups in total. The van der Waals surface area contributed by atoms with Crippen LogP contribution in [0.15, 0.2) is 158 Å². The van der Waals surface area contributed by atoms with E-state index in [9.17, 15) is 9.59 Å². The summed E-state index contributed by atoms with van der Waals surface area (Å²) in [4.78, 5) is 25.5. The predicted octanol–water partition coefficient (Wildman–Crippen LogP) is 18.7. The molecule has 0 saturated heterocycles. The zero-order chi connectivity index (χ0) is 49.2. The number of allylic oxidation sites excluding steroid dienone is 25. The molecule has 0 rings (SSSR count). The normalized spacial score (nSPS) is 13.5. The maximum Gasteiger partial charge on any atom is 0.306 e. The van der Waals surface area contributed by atoms with Crippen molar-refractivity contribution < 1.29 is 23.8 Å². The van der Waals surface area contributed by atoms with Crippen LogP contribution < -0.4 is 0 Å². The van der Waals surface area contributed by atoms with Crippen molar-refractivity contribution in [1.29, 1.82) is 0 Å². The van der Waals surface area contributed by atoms with Gasteiger partial charge in [0.05, 0.1) is 13.2 Å². The van der Waals surface area contributed by atoms with Gasteiger partial charge in [0.25, 0.3) is 0 Å². The number of hydrogen-bond donors (Lipinski definition) is 0. The standard InChI is InChI=1S/C63H98O5/c1-4-7-10-13-16-19-22-25-28-31-32-34-35-38-41-44-47-50-53-56-62(64)67-60-61(59-66-58-55-52-49-46-43-40-37-30-27-24-21-18-15-12-9-6-3)68-63(65)57-54-51-48-45-42-39-36-33-29-26-23-20-17-14-11-8-5-2/h8-9,11-12,16-21,25-30,32,34,36,39-40,43,45,48-49,52,61H,4-7,10,13-15,22-24,31,33,35,37-38,41-42,44,46-47,50-51,53-60H2,1-3H3/b11-8-,12-9-,19-16-,20-17-,21-18-,28-25-,29-26-,30-27-,34-32-,39-36-,43-40-,48-45-,52-49-. The zero-order valence-corrected chi connectivity index (χ0v) is 43.6. The van der Waals surface area contributed by atoms with Crippen molar-refractivity contribution in [2.45, 2.75) is 207 Å². The second-order valence-corrected chi connectivity index (χ2v) is 17.0. The molecular formula is C63H98O5. The molecule has 0 amide bonds. The van der Waals surface area contributed by atoms with Crippen LogP contribution in [0.3, 0.4) is 0 Å². The summed E-state index contributed by atoms with van der Waals surface area (Å²) in [6, 6.07) is 0. The summed E-state index contributed by atoms with van der Waals surface area (Å²) in [5.74, 6) is -0.533. The Bertz CT molecular complexity index is 1520. The van der Waals surface area contributed by atoms with Crippen LogP contribution in [0.25, 0.3) is 0 Å². The van der Waals surface area contributed by atoms with Gasteiger partial charge in [-0.15, -0.1) is 0 Å². The first-order chi connectivity index (χ1) is 33.6. The number of carbonyl (C=O) groups is 2. The van der Waals surface area contributed by atoms with Gasteiger partial charge in [-0.25, -0.2) is 0 Å².